The van der Waals surface area contributed by atoms with Crippen molar-refractivity contribution in [3.05, 3.63) is 10.8 Å². The van der Waals surface area contributed by atoms with Crippen molar-refractivity contribution in [1.82, 2.24) is 9.97 Å². The first kappa shape index (κ1) is 9.25. The van der Waals surface area contributed by atoms with Crippen molar-refractivity contribution < 1.29 is 0 Å². The molecular formula is C7H11BrN4. The van der Waals surface area contributed by atoms with Gasteiger partial charge < -0.3 is 11.1 Å². The number of nitrogens with two attached hydrogens (primary N) is 1. The van der Waals surface area contributed by atoms with E-state index in [9.17, 15) is 0 Å². The lowest BCUT2D eigenvalue weighted by atomic mass is 10.4. The van der Waals surface area contributed by atoms with Gasteiger partial charge in [-0.2, -0.15) is 0 Å². The van der Waals surface area contributed by atoms with E-state index in [-0.39, 0.29) is 0 Å². The van der Waals surface area contributed by atoms with Crippen LogP contribution in [0.25, 0.3) is 0 Å². The van der Waals surface area contributed by atoms with Crippen molar-refractivity contribution in [1.29, 1.82) is 0 Å². The molecule has 5 heteroatoms. The van der Waals surface area contributed by atoms with Gasteiger partial charge in [0, 0.05) is 6.54 Å². The summed E-state index contributed by atoms with van der Waals surface area (Å²) >= 11 is 3.30. The number of nitrogens with one attached hydrogen (secondary N) is 1. The van der Waals surface area contributed by atoms with Crippen LogP contribution in [0.15, 0.2) is 10.8 Å². The largest absolute Gasteiger partial charge is 0.383 e. The molecule has 12 heavy (non-hydrogen) atoms. The van der Waals surface area contributed by atoms with Crippen molar-refractivity contribution >= 4 is 27.6 Å². The average molecular weight is 231 g/mol. The topological polar surface area (TPSA) is 63.8 Å². The fourth-order valence-electron chi connectivity index (χ4n) is 0.750. The second kappa shape index (κ2) is 4.25. The van der Waals surface area contributed by atoms with Crippen LogP contribution in [0, 0.1) is 0 Å². The quantitative estimate of drug-likeness (QED) is 0.829. The van der Waals surface area contributed by atoms with E-state index >= 15 is 0 Å². The number of nitrogens with zero attached hydrogens (tertiary/aromatic N) is 2. The molecule has 0 radical (unpaired) electrons. The Balaban J connectivity index is 2.78. The second-order valence-corrected chi connectivity index (χ2v) is 3.14. The molecule has 66 valence electrons. The van der Waals surface area contributed by atoms with Gasteiger partial charge in [0.25, 0.3) is 0 Å². The van der Waals surface area contributed by atoms with Crippen LogP contribution in [0.3, 0.4) is 0 Å². The van der Waals surface area contributed by atoms with Crippen LogP contribution in [0.1, 0.15) is 13.3 Å². The van der Waals surface area contributed by atoms with Crippen LogP contribution in [0.5, 0.6) is 0 Å². The molecule has 0 aliphatic heterocycles. The Morgan fingerprint density at radius 2 is 2.33 bits per heavy atom. The molecule has 0 atom stereocenters. The van der Waals surface area contributed by atoms with Crippen molar-refractivity contribution in [3.8, 4) is 0 Å². The van der Waals surface area contributed by atoms with Crippen molar-refractivity contribution in [2.75, 3.05) is 17.6 Å². The molecule has 1 rings (SSSR count). The molecule has 3 N–H and O–H groups in total. The lowest BCUT2D eigenvalue weighted by molar-refractivity contribution is 0.963. The Labute approximate surface area is 79.7 Å². The van der Waals surface area contributed by atoms with Gasteiger partial charge in [0.05, 0.1) is 0 Å². The Morgan fingerprint density at radius 3 is 3.00 bits per heavy atom. The lowest BCUT2D eigenvalue weighted by Crippen LogP contribution is -2.04. The molecule has 1 aromatic heterocycles. The smallest absolute Gasteiger partial charge is 0.145 e. The number of nitrogen functional groups attached to an aromatic ring is 1. The molecule has 0 aliphatic carbocycles. The molecule has 0 unspecified atom stereocenters. The Kier molecular flexibility index (Phi) is 3.28. The van der Waals surface area contributed by atoms with E-state index in [1.165, 1.54) is 6.33 Å². The molecule has 0 bridgehead atoms. The lowest BCUT2D eigenvalue weighted by Gasteiger charge is -2.05. The Bertz CT molecular complexity index is 264. The highest BCUT2D eigenvalue weighted by molar-refractivity contribution is 9.10. The predicted molar refractivity (Wildman–Crippen MR) is 52.9 cm³/mol. The van der Waals surface area contributed by atoms with Gasteiger partial charge in [-0.1, -0.05) is 6.92 Å². The monoisotopic (exact) mass is 230 g/mol. The minimum atomic E-state index is 0.462. The zero-order valence-electron chi connectivity index (χ0n) is 6.84. The SMILES string of the molecule is CCCNc1ncnc(N)c1Br. The summed E-state index contributed by atoms with van der Waals surface area (Å²) in [6, 6.07) is 0. The first-order chi connectivity index (χ1) is 5.75. The summed E-state index contributed by atoms with van der Waals surface area (Å²) in [4.78, 5) is 7.85. The molecule has 0 spiro atoms. The van der Waals surface area contributed by atoms with Gasteiger partial charge in [-0.3, -0.25) is 0 Å². The molecule has 0 amide bonds. The van der Waals surface area contributed by atoms with Gasteiger partial charge in [0.2, 0.25) is 0 Å². The van der Waals surface area contributed by atoms with E-state index < -0.39 is 0 Å². The standard InChI is InChI=1S/C7H11BrN4/c1-2-3-10-7-5(8)6(9)11-4-12-7/h4H,2-3H2,1H3,(H3,9,10,11,12). The maximum absolute atomic E-state index is 5.55. The number of aromatic nitrogens is 2. The molecule has 0 saturated carbocycles. The number of halogens is 1. The molecule has 0 aliphatic rings. The third kappa shape index (κ3) is 2.07. The van der Waals surface area contributed by atoms with Crippen LogP contribution >= 0.6 is 15.9 Å². The average Bonchev–Trinajstić information content (AvgIpc) is 2.08. The van der Waals surface area contributed by atoms with E-state index in [1.54, 1.807) is 0 Å². The van der Waals surface area contributed by atoms with E-state index in [1.807, 2.05) is 0 Å². The second-order valence-electron chi connectivity index (χ2n) is 2.35. The molecule has 4 nitrogen and oxygen atoms in total. The number of rotatable bonds is 3. The summed E-state index contributed by atoms with van der Waals surface area (Å²) in [5.74, 6) is 1.22. The van der Waals surface area contributed by atoms with Crippen LogP contribution < -0.4 is 11.1 Å². The summed E-state index contributed by atoms with van der Waals surface area (Å²) < 4.78 is 0.735. The fraction of sp³-hybridized carbons (Fsp3) is 0.429. The number of anilines is 2. The summed E-state index contributed by atoms with van der Waals surface area (Å²) in [7, 11) is 0. The summed E-state index contributed by atoms with van der Waals surface area (Å²) in [6.07, 6.45) is 2.49. The minimum Gasteiger partial charge on any atom is -0.383 e. The normalized spacial score (nSPS) is 9.83. The zero-order valence-corrected chi connectivity index (χ0v) is 8.43. The molecule has 1 heterocycles. The highest BCUT2D eigenvalue weighted by Gasteiger charge is 2.03. The third-order valence-corrected chi connectivity index (χ3v) is 2.14. The van der Waals surface area contributed by atoms with Crippen LogP contribution in [0.4, 0.5) is 11.6 Å². The fourth-order valence-corrected chi connectivity index (χ4v) is 1.10. The molecule has 1 aromatic rings. The first-order valence-electron chi connectivity index (χ1n) is 3.75. The Hall–Kier alpha value is -0.840. The van der Waals surface area contributed by atoms with Gasteiger partial charge in [0.1, 0.15) is 22.4 Å². The van der Waals surface area contributed by atoms with Crippen molar-refractivity contribution in [3.63, 3.8) is 0 Å². The third-order valence-electron chi connectivity index (χ3n) is 1.36. The minimum absolute atomic E-state index is 0.462. The maximum atomic E-state index is 5.55. The van der Waals surface area contributed by atoms with Crippen molar-refractivity contribution in [2.24, 2.45) is 0 Å². The highest BCUT2D eigenvalue weighted by Crippen LogP contribution is 2.23. The van der Waals surface area contributed by atoms with Crippen LogP contribution in [-0.2, 0) is 0 Å². The first-order valence-corrected chi connectivity index (χ1v) is 4.54. The van der Waals surface area contributed by atoms with E-state index in [2.05, 4.69) is 38.1 Å². The van der Waals surface area contributed by atoms with Gasteiger partial charge in [-0.15, -0.1) is 0 Å². The van der Waals surface area contributed by atoms with Gasteiger partial charge in [0.15, 0.2) is 0 Å². The van der Waals surface area contributed by atoms with Crippen LogP contribution in [-0.4, -0.2) is 16.5 Å². The van der Waals surface area contributed by atoms with E-state index in [0.717, 1.165) is 23.3 Å². The maximum Gasteiger partial charge on any atom is 0.145 e. The van der Waals surface area contributed by atoms with Crippen LogP contribution in [0.2, 0.25) is 0 Å². The summed E-state index contributed by atoms with van der Waals surface area (Å²) in [5, 5.41) is 3.13. The summed E-state index contributed by atoms with van der Waals surface area (Å²) in [6.45, 7) is 2.97. The zero-order chi connectivity index (χ0) is 8.97. The predicted octanol–water partition coefficient (Wildman–Crippen LogP) is 1.64. The summed E-state index contributed by atoms with van der Waals surface area (Å²) in [5.41, 5.74) is 5.55. The number of hydrogen-bond acceptors (Lipinski definition) is 4. The molecule has 0 saturated heterocycles. The number of hydrogen-bond donors (Lipinski definition) is 2. The van der Waals surface area contributed by atoms with E-state index in [0.29, 0.717) is 5.82 Å². The molecular weight excluding hydrogens is 220 g/mol. The van der Waals surface area contributed by atoms with Gasteiger partial charge in [-0.05, 0) is 22.4 Å². The Morgan fingerprint density at radius 1 is 1.58 bits per heavy atom. The highest BCUT2D eigenvalue weighted by atomic mass is 79.9. The van der Waals surface area contributed by atoms with E-state index in [4.69, 9.17) is 5.73 Å². The van der Waals surface area contributed by atoms with Gasteiger partial charge in [-0.25, -0.2) is 9.97 Å². The van der Waals surface area contributed by atoms with Gasteiger partial charge >= 0.3 is 0 Å². The molecule has 0 aromatic carbocycles. The van der Waals surface area contributed by atoms with Crippen molar-refractivity contribution in [2.45, 2.75) is 13.3 Å². The molecule has 0 fully saturated rings.